The minimum Gasteiger partial charge on any atom is -0.244 e. The van der Waals surface area contributed by atoms with E-state index in [1.54, 1.807) is 42.7 Å². The second-order valence-electron chi connectivity index (χ2n) is 3.95. The summed E-state index contributed by atoms with van der Waals surface area (Å²) in [6.45, 7) is 0. The summed E-state index contributed by atoms with van der Waals surface area (Å²) in [7, 11) is -2.46. The number of hydrogen-bond donors (Lipinski definition) is 0. The summed E-state index contributed by atoms with van der Waals surface area (Å²) in [4.78, 5) is 0.681. The van der Waals surface area contributed by atoms with E-state index < -0.39 is 9.73 Å². The fourth-order valence-electron chi connectivity index (χ4n) is 1.43. The molecular formula is C15H12ClNOS. The van der Waals surface area contributed by atoms with Crippen LogP contribution in [0.3, 0.4) is 0 Å². The van der Waals surface area contributed by atoms with Crippen LogP contribution in [0.1, 0.15) is 5.56 Å². The quantitative estimate of drug-likeness (QED) is 0.734. The lowest BCUT2D eigenvalue weighted by Crippen LogP contribution is -1.95. The van der Waals surface area contributed by atoms with Crippen molar-refractivity contribution in [1.82, 2.24) is 0 Å². The van der Waals surface area contributed by atoms with Gasteiger partial charge in [0.25, 0.3) is 0 Å². The van der Waals surface area contributed by atoms with Gasteiger partial charge in [-0.2, -0.15) is 0 Å². The van der Waals surface area contributed by atoms with E-state index in [0.717, 1.165) is 5.56 Å². The highest BCUT2D eigenvalue weighted by Crippen LogP contribution is 2.10. The number of rotatable bonds is 1. The maximum absolute atomic E-state index is 12.3. The van der Waals surface area contributed by atoms with Gasteiger partial charge in [0.1, 0.15) is 0 Å². The standard InChI is InChI=1S/C15H12ClNOS/c1-19(18,15-5-3-2-4-6-15)17-12-11-13-7-9-14(16)10-8-13/h2-10H,1H3. The van der Waals surface area contributed by atoms with Crippen LogP contribution in [0, 0.1) is 12.0 Å². The second kappa shape index (κ2) is 5.92. The Balaban J connectivity index is 2.28. The van der Waals surface area contributed by atoms with Crippen molar-refractivity contribution in [1.29, 1.82) is 0 Å². The van der Waals surface area contributed by atoms with E-state index >= 15 is 0 Å². The van der Waals surface area contributed by atoms with Crippen molar-refractivity contribution in [3.63, 3.8) is 0 Å². The predicted molar refractivity (Wildman–Crippen MR) is 79.5 cm³/mol. The van der Waals surface area contributed by atoms with E-state index in [9.17, 15) is 4.21 Å². The fourth-order valence-corrected chi connectivity index (χ4v) is 2.55. The number of halogens is 1. The van der Waals surface area contributed by atoms with Crippen LogP contribution in [-0.4, -0.2) is 10.5 Å². The highest BCUT2D eigenvalue weighted by Gasteiger charge is 2.02. The summed E-state index contributed by atoms with van der Waals surface area (Å²) in [6.07, 6.45) is 1.58. The van der Waals surface area contributed by atoms with E-state index in [2.05, 4.69) is 16.3 Å². The molecular weight excluding hydrogens is 278 g/mol. The lowest BCUT2D eigenvalue weighted by Gasteiger charge is -1.99. The van der Waals surface area contributed by atoms with Gasteiger partial charge >= 0.3 is 0 Å². The summed E-state index contributed by atoms with van der Waals surface area (Å²) in [5, 5.41) is 0.658. The van der Waals surface area contributed by atoms with Crippen molar-refractivity contribution < 1.29 is 4.21 Å². The molecule has 2 rings (SSSR count). The molecule has 0 fully saturated rings. The zero-order valence-electron chi connectivity index (χ0n) is 10.3. The van der Waals surface area contributed by atoms with Gasteiger partial charge in [0.15, 0.2) is 0 Å². The van der Waals surface area contributed by atoms with Gasteiger partial charge in [-0.05, 0) is 42.3 Å². The molecule has 0 aliphatic carbocycles. The molecule has 0 amide bonds. The van der Waals surface area contributed by atoms with Crippen molar-refractivity contribution >= 4 is 21.3 Å². The van der Waals surface area contributed by atoms with Crippen LogP contribution < -0.4 is 0 Å². The normalized spacial score (nSPS) is 12.9. The first-order valence-corrected chi connectivity index (χ1v) is 7.91. The molecule has 0 radical (unpaired) electrons. The number of hydrogen-bond acceptors (Lipinski definition) is 2. The SMILES string of the molecule is CS(=O)(=NC#Cc1ccc(Cl)cc1)c1ccccc1. The van der Waals surface area contributed by atoms with Crippen molar-refractivity contribution in [2.75, 3.05) is 6.26 Å². The smallest absolute Gasteiger partial charge is 0.0854 e. The van der Waals surface area contributed by atoms with Gasteiger partial charge in [-0.1, -0.05) is 29.8 Å². The molecule has 2 aromatic carbocycles. The highest BCUT2D eigenvalue weighted by molar-refractivity contribution is 7.93. The van der Waals surface area contributed by atoms with Gasteiger partial charge in [0.05, 0.1) is 9.73 Å². The first-order valence-electron chi connectivity index (χ1n) is 5.61. The topological polar surface area (TPSA) is 29.4 Å². The van der Waals surface area contributed by atoms with Gasteiger partial charge < -0.3 is 0 Å². The Hall–Kier alpha value is -1.76. The Kier molecular flexibility index (Phi) is 4.26. The Morgan fingerprint density at radius 1 is 1.05 bits per heavy atom. The van der Waals surface area contributed by atoms with E-state index in [1.807, 2.05) is 18.2 Å². The molecule has 1 atom stereocenters. The molecule has 1 unspecified atom stereocenters. The van der Waals surface area contributed by atoms with Crippen molar-refractivity contribution in [3.05, 3.63) is 65.2 Å². The van der Waals surface area contributed by atoms with Gasteiger partial charge in [0.2, 0.25) is 0 Å². The molecule has 4 heteroatoms. The molecule has 0 aliphatic heterocycles. The third-order valence-corrected chi connectivity index (χ3v) is 4.28. The van der Waals surface area contributed by atoms with Crippen LogP contribution in [0.25, 0.3) is 0 Å². The molecule has 2 aromatic rings. The van der Waals surface area contributed by atoms with Crippen LogP contribution >= 0.6 is 11.6 Å². The van der Waals surface area contributed by atoms with Crippen LogP contribution in [0.4, 0.5) is 0 Å². The van der Waals surface area contributed by atoms with E-state index in [0.29, 0.717) is 9.92 Å². The lowest BCUT2D eigenvalue weighted by atomic mass is 10.2. The minimum atomic E-state index is -2.46. The Morgan fingerprint density at radius 3 is 2.32 bits per heavy atom. The molecule has 0 saturated heterocycles. The molecule has 0 bridgehead atoms. The highest BCUT2D eigenvalue weighted by atomic mass is 35.5. The van der Waals surface area contributed by atoms with Crippen molar-refractivity contribution in [2.24, 2.45) is 4.36 Å². The third kappa shape index (κ3) is 3.85. The Morgan fingerprint density at radius 2 is 1.68 bits per heavy atom. The molecule has 0 spiro atoms. The monoisotopic (exact) mass is 289 g/mol. The molecule has 0 aromatic heterocycles. The maximum Gasteiger partial charge on any atom is 0.0854 e. The Bertz CT molecular complexity index is 733. The fraction of sp³-hybridized carbons (Fsp3) is 0.0667. The average molecular weight is 290 g/mol. The molecule has 2 nitrogen and oxygen atoms in total. The summed E-state index contributed by atoms with van der Waals surface area (Å²) in [5.74, 6) is 2.84. The summed E-state index contributed by atoms with van der Waals surface area (Å²) >= 11 is 5.78. The van der Waals surface area contributed by atoms with Gasteiger partial charge in [-0.3, -0.25) is 0 Å². The maximum atomic E-state index is 12.3. The average Bonchev–Trinajstić information content (AvgIpc) is 2.42. The molecule has 96 valence electrons. The number of nitrogens with zero attached hydrogens (tertiary/aromatic N) is 1. The largest absolute Gasteiger partial charge is 0.244 e. The van der Waals surface area contributed by atoms with Gasteiger partial charge in [0, 0.05) is 27.8 Å². The molecule has 0 saturated carbocycles. The van der Waals surface area contributed by atoms with Gasteiger partial charge in [-0.15, -0.1) is 4.36 Å². The van der Waals surface area contributed by atoms with Crippen LogP contribution in [0.2, 0.25) is 5.02 Å². The first-order chi connectivity index (χ1) is 9.08. The van der Waals surface area contributed by atoms with E-state index in [-0.39, 0.29) is 0 Å². The summed E-state index contributed by atoms with van der Waals surface area (Å²) < 4.78 is 16.3. The molecule has 0 aliphatic rings. The molecule has 19 heavy (non-hydrogen) atoms. The third-order valence-electron chi connectivity index (χ3n) is 2.44. The predicted octanol–water partition coefficient (Wildman–Crippen LogP) is 3.81. The van der Waals surface area contributed by atoms with E-state index in [1.165, 1.54) is 0 Å². The minimum absolute atomic E-state index is 0.658. The summed E-state index contributed by atoms with van der Waals surface area (Å²) in [5.41, 5.74) is 0.788. The molecule has 0 N–H and O–H groups in total. The number of benzene rings is 2. The van der Waals surface area contributed by atoms with Crippen molar-refractivity contribution in [2.45, 2.75) is 4.90 Å². The first kappa shape index (κ1) is 13.7. The van der Waals surface area contributed by atoms with Crippen LogP contribution in [0.15, 0.2) is 63.9 Å². The van der Waals surface area contributed by atoms with Crippen LogP contribution in [0.5, 0.6) is 0 Å². The van der Waals surface area contributed by atoms with E-state index in [4.69, 9.17) is 11.6 Å². The molecule has 0 heterocycles. The second-order valence-corrected chi connectivity index (χ2v) is 6.65. The zero-order chi connectivity index (χ0) is 13.7. The Labute approximate surface area is 118 Å². The summed E-state index contributed by atoms with van der Waals surface area (Å²) in [6, 6.07) is 18.8. The van der Waals surface area contributed by atoms with Crippen LogP contribution in [-0.2, 0) is 9.73 Å². The zero-order valence-corrected chi connectivity index (χ0v) is 11.9. The van der Waals surface area contributed by atoms with Gasteiger partial charge in [-0.25, -0.2) is 4.21 Å². The lowest BCUT2D eigenvalue weighted by molar-refractivity contribution is 0.681. The van der Waals surface area contributed by atoms with Crippen molar-refractivity contribution in [3.8, 4) is 12.0 Å².